The second-order valence-electron chi connectivity index (χ2n) is 0.213. The van der Waals surface area contributed by atoms with Gasteiger partial charge in [-0.2, -0.15) is 0 Å². The van der Waals surface area contributed by atoms with Crippen molar-refractivity contribution < 1.29 is 15.0 Å². The van der Waals surface area contributed by atoms with Crippen molar-refractivity contribution in [1.82, 2.24) is 0 Å². The molecule has 0 bridgehead atoms. The average Bonchev–Trinajstić information content (AvgIpc) is 0.811. The van der Waals surface area contributed by atoms with Crippen LogP contribution in [0.5, 0.6) is 0 Å². The van der Waals surface area contributed by atoms with E-state index in [1.807, 2.05) is 0 Å². The van der Waals surface area contributed by atoms with Crippen molar-refractivity contribution in [2.45, 2.75) is 0 Å². The predicted octanol–water partition coefficient (Wildman–Crippen LogP) is 1.67. The summed E-state index contributed by atoms with van der Waals surface area (Å²) in [6.45, 7) is 0. The van der Waals surface area contributed by atoms with Crippen molar-refractivity contribution in [3.05, 3.63) is 0 Å². The van der Waals surface area contributed by atoms with Crippen LogP contribution in [0, 0.1) is 3.91 Å². The summed E-state index contributed by atoms with van der Waals surface area (Å²) in [5, 5.41) is 0. The molecule has 0 saturated carbocycles. The molecule has 0 aliphatic carbocycles. The molecule has 4 heteroatoms. The van der Waals surface area contributed by atoms with Gasteiger partial charge in [0.2, 0.25) is 0 Å². The Morgan fingerprint density at radius 3 is 1.50 bits per heavy atom. The standard InChI is InChI=1S/2ClH.Mo.HN/h2*1H;;1H/q;;+2;/p-2. The molecule has 0 radical (unpaired) electrons. The van der Waals surface area contributed by atoms with Crippen LogP contribution in [0.4, 0.5) is 0 Å². The van der Waals surface area contributed by atoms with E-state index in [0.717, 1.165) is 0 Å². The number of halogens is 2. The van der Waals surface area contributed by atoms with Crippen molar-refractivity contribution in [2.75, 3.05) is 0 Å². The van der Waals surface area contributed by atoms with E-state index in [-0.39, 0.29) is 0 Å². The quantitative estimate of drug-likeness (QED) is 0.551. The van der Waals surface area contributed by atoms with Gasteiger partial charge in [0.1, 0.15) is 0 Å². The molecule has 0 spiro atoms. The van der Waals surface area contributed by atoms with E-state index in [2.05, 4.69) is 0 Å². The van der Waals surface area contributed by atoms with Crippen LogP contribution in [0.15, 0.2) is 0 Å². The first-order valence-electron chi connectivity index (χ1n) is 0.513. The maximum atomic E-state index is 6.28. The van der Waals surface area contributed by atoms with Gasteiger partial charge in [0, 0.05) is 0 Å². The molecule has 0 heterocycles. The Labute approximate surface area is 38.0 Å². The fraction of sp³-hybridized carbons (Fsp3) is 0. The fourth-order valence-corrected chi connectivity index (χ4v) is 0. The first-order valence-corrected chi connectivity index (χ1v) is 6.68. The van der Waals surface area contributed by atoms with E-state index in [1.54, 1.807) is 0 Å². The van der Waals surface area contributed by atoms with Gasteiger partial charge in [-0.3, -0.25) is 0 Å². The average molecular weight is 182 g/mol. The monoisotopic (exact) mass is 183 g/mol. The Bertz CT molecular complexity index is 29.0. The molecule has 1 N–H and O–H groups in total. The van der Waals surface area contributed by atoms with Gasteiger partial charge in [0.25, 0.3) is 0 Å². The van der Waals surface area contributed by atoms with Gasteiger partial charge in [0.15, 0.2) is 0 Å². The zero-order chi connectivity index (χ0) is 3.58. The molecule has 0 rings (SSSR count). The molecule has 0 fully saturated rings. The maximum absolute atomic E-state index is 6.28. The van der Waals surface area contributed by atoms with E-state index in [4.69, 9.17) is 22.7 Å². The first kappa shape index (κ1) is 5.07. The Kier molecular flexibility index (Phi) is 2.93. The fourth-order valence-electron chi connectivity index (χ4n) is 0. The molecule has 0 saturated heterocycles. The molecule has 0 atom stereocenters. The van der Waals surface area contributed by atoms with Gasteiger partial charge >= 0.3 is 37.8 Å². The van der Waals surface area contributed by atoms with E-state index in [9.17, 15) is 0 Å². The molecular weight excluding hydrogens is 181 g/mol. The molecule has 0 aliphatic heterocycles. The van der Waals surface area contributed by atoms with Crippen LogP contribution in [-0.4, -0.2) is 0 Å². The van der Waals surface area contributed by atoms with Gasteiger partial charge in [-0.25, -0.2) is 0 Å². The van der Waals surface area contributed by atoms with Crippen LogP contribution in [0.3, 0.4) is 0 Å². The Morgan fingerprint density at radius 2 is 1.50 bits per heavy atom. The summed E-state index contributed by atoms with van der Waals surface area (Å²) in [5.41, 5.74) is 0. The molecule has 1 nitrogen and oxygen atoms in total. The van der Waals surface area contributed by atoms with Crippen molar-refractivity contribution in [1.29, 1.82) is 3.91 Å². The Balaban J connectivity index is 2.80. The third kappa shape index (κ3) is 11.5. The van der Waals surface area contributed by atoms with Crippen LogP contribution < -0.4 is 0 Å². The predicted molar refractivity (Wildman–Crippen MR) is 14.4 cm³/mol. The minimum atomic E-state index is -2.16. The van der Waals surface area contributed by atoms with E-state index in [1.165, 1.54) is 0 Å². The zero-order valence-electron chi connectivity index (χ0n) is 1.66. The molecule has 0 unspecified atom stereocenters. The second kappa shape index (κ2) is 2.31. The van der Waals surface area contributed by atoms with Crippen LogP contribution in [0.2, 0.25) is 0 Å². The summed E-state index contributed by atoms with van der Waals surface area (Å²) >= 11 is -2.16. The topological polar surface area (TPSA) is 23.9 Å². The zero-order valence-corrected chi connectivity index (χ0v) is 5.18. The molecule has 0 aromatic rings. The van der Waals surface area contributed by atoms with Crippen LogP contribution in [-0.2, 0) is 15.0 Å². The van der Waals surface area contributed by atoms with Gasteiger partial charge in [-0.05, 0) is 0 Å². The number of nitrogens with one attached hydrogen (secondary N) is 1. The summed E-state index contributed by atoms with van der Waals surface area (Å²) in [4.78, 5) is 0. The van der Waals surface area contributed by atoms with Crippen molar-refractivity contribution in [3.63, 3.8) is 0 Å². The first-order chi connectivity index (χ1) is 1.73. The normalized spacial score (nSPS) is 8.75. The molecular formula is HCl2MoN. The SMILES string of the molecule is [NH]=[Mo]([Cl])[Cl]. The number of hydrogen-bond donors (Lipinski definition) is 1. The molecule has 0 amide bonds. The van der Waals surface area contributed by atoms with Crippen molar-refractivity contribution in [3.8, 4) is 0 Å². The van der Waals surface area contributed by atoms with E-state index >= 15 is 0 Å². The summed E-state index contributed by atoms with van der Waals surface area (Å²) in [6, 6.07) is 0. The van der Waals surface area contributed by atoms with Gasteiger partial charge in [-0.1, -0.05) is 0 Å². The summed E-state index contributed by atoms with van der Waals surface area (Å²) in [5.74, 6) is 0. The van der Waals surface area contributed by atoms with Crippen molar-refractivity contribution in [2.24, 2.45) is 0 Å². The summed E-state index contributed by atoms with van der Waals surface area (Å²) in [6.07, 6.45) is 0. The minimum absolute atomic E-state index is 2.16. The van der Waals surface area contributed by atoms with Crippen LogP contribution in [0.1, 0.15) is 0 Å². The third-order valence-electron chi connectivity index (χ3n) is 0. The molecule has 4 heavy (non-hydrogen) atoms. The molecule has 0 aromatic heterocycles. The van der Waals surface area contributed by atoms with E-state index in [0.29, 0.717) is 0 Å². The third-order valence-corrected chi connectivity index (χ3v) is 0. The Hall–Kier alpha value is 1.07. The summed E-state index contributed by atoms with van der Waals surface area (Å²) < 4.78 is 6.28. The molecule has 0 aliphatic rings. The van der Waals surface area contributed by atoms with Gasteiger partial charge < -0.3 is 0 Å². The summed E-state index contributed by atoms with van der Waals surface area (Å²) in [7, 11) is 9.75. The van der Waals surface area contributed by atoms with Crippen LogP contribution in [0.25, 0.3) is 0 Å². The number of hydrogen-bond acceptors (Lipinski definition) is 1. The van der Waals surface area contributed by atoms with Crippen molar-refractivity contribution >= 4 is 18.8 Å². The molecule has 0 aromatic carbocycles. The molecule has 26 valence electrons. The number of rotatable bonds is 0. The van der Waals surface area contributed by atoms with E-state index < -0.39 is 15.0 Å². The Morgan fingerprint density at radius 1 is 1.50 bits per heavy atom. The van der Waals surface area contributed by atoms with Gasteiger partial charge in [0.05, 0.1) is 0 Å². The second-order valence-corrected chi connectivity index (χ2v) is 5.84. The van der Waals surface area contributed by atoms with Crippen LogP contribution >= 0.6 is 18.8 Å². The van der Waals surface area contributed by atoms with Gasteiger partial charge in [-0.15, -0.1) is 0 Å².